The topological polar surface area (TPSA) is 37.3 Å². The molecule has 0 aliphatic heterocycles. The van der Waals surface area contributed by atoms with E-state index >= 15 is 0 Å². The van der Waals surface area contributed by atoms with Gasteiger partial charge in [0.2, 0.25) is 0 Å². The Labute approximate surface area is 158 Å². The minimum Gasteiger partial charge on any atom is -0.396 e. The van der Waals surface area contributed by atoms with Crippen LogP contribution >= 0.6 is 0 Å². The number of carbonyl (C=O) groups is 1. The number of carbonyl (C=O) groups excluding carboxylic acids is 1. The first kappa shape index (κ1) is 24.6. The van der Waals surface area contributed by atoms with Crippen LogP contribution in [0.5, 0.6) is 0 Å². The molecule has 0 spiro atoms. The van der Waals surface area contributed by atoms with E-state index in [2.05, 4.69) is 0 Å². The lowest BCUT2D eigenvalue weighted by Gasteiger charge is -2.04. The third kappa shape index (κ3) is 23.6. The van der Waals surface area contributed by atoms with Crippen LogP contribution in [0.1, 0.15) is 135 Å². The van der Waals surface area contributed by atoms with Crippen LogP contribution in [0.2, 0.25) is 0 Å². The summed E-state index contributed by atoms with van der Waals surface area (Å²) < 4.78 is 0. The number of aldehydes is 1. The van der Waals surface area contributed by atoms with Gasteiger partial charge in [-0.3, -0.25) is 0 Å². The number of unbranched alkanes of at least 4 members (excludes halogenated alkanes) is 20. The highest BCUT2D eigenvalue weighted by atomic mass is 16.2. The Bertz CT molecular complexity index is 240. The molecule has 0 rings (SSSR count). The standard InChI is InChI=1S/C23H46O2/c24-22-20-18-16-14-12-10-8-6-4-2-1-3-5-7-9-11-13-15-17-19-21-23-25/h22,25H,1-21,23H2. The third-order valence-electron chi connectivity index (χ3n) is 5.23. The Morgan fingerprint density at radius 3 is 0.880 bits per heavy atom. The number of hydrogen-bond acceptors (Lipinski definition) is 2. The summed E-state index contributed by atoms with van der Waals surface area (Å²) >= 11 is 0. The molecule has 2 heteroatoms. The van der Waals surface area contributed by atoms with Crippen molar-refractivity contribution in [2.45, 2.75) is 135 Å². The lowest BCUT2D eigenvalue weighted by Crippen LogP contribution is -1.85. The highest BCUT2D eigenvalue weighted by molar-refractivity contribution is 5.48. The van der Waals surface area contributed by atoms with E-state index in [1.54, 1.807) is 0 Å². The van der Waals surface area contributed by atoms with E-state index in [-0.39, 0.29) is 0 Å². The molecule has 0 aromatic heterocycles. The van der Waals surface area contributed by atoms with Crippen LogP contribution in [-0.4, -0.2) is 18.0 Å². The summed E-state index contributed by atoms with van der Waals surface area (Å²) in [5.41, 5.74) is 0. The molecule has 0 fully saturated rings. The molecule has 2 nitrogen and oxygen atoms in total. The molecule has 0 unspecified atom stereocenters. The normalized spacial score (nSPS) is 11.1. The summed E-state index contributed by atoms with van der Waals surface area (Å²) in [4.78, 5) is 10.2. The number of rotatable bonds is 22. The van der Waals surface area contributed by atoms with Gasteiger partial charge in [0, 0.05) is 13.0 Å². The summed E-state index contributed by atoms with van der Waals surface area (Å²) in [6.07, 6.45) is 28.7. The smallest absolute Gasteiger partial charge is 0.119 e. The zero-order valence-electron chi connectivity index (χ0n) is 17.0. The van der Waals surface area contributed by atoms with Crippen molar-refractivity contribution in [1.82, 2.24) is 0 Å². The van der Waals surface area contributed by atoms with Crippen LogP contribution in [0.3, 0.4) is 0 Å². The van der Waals surface area contributed by atoms with Crippen molar-refractivity contribution in [3.05, 3.63) is 0 Å². The van der Waals surface area contributed by atoms with E-state index in [0.29, 0.717) is 6.61 Å². The molecule has 0 heterocycles. The van der Waals surface area contributed by atoms with Gasteiger partial charge in [-0.2, -0.15) is 0 Å². The molecule has 0 aromatic rings. The molecule has 0 bridgehead atoms. The summed E-state index contributed by atoms with van der Waals surface area (Å²) in [6, 6.07) is 0. The Kier molecular flexibility index (Phi) is 23.3. The minimum absolute atomic E-state index is 0.365. The van der Waals surface area contributed by atoms with Crippen LogP contribution in [0.4, 0.5) is 0 Å². The van der Waals surface area contributed by atoms with Crippen molar-refractivity contribution < 1.29 is 9.90 Å². The van der Waals surface area contributed by atoms with Crippen LogP contribution in [0.25, 0.3) is 0 Å². The lowest BCUT2D eigenvalue weighted by molar-refractivity contribution is -0.107. The molecule has 0 aromatic carbocycles. The fraction of sp³-hybridized carbons (Fsp3) is 0.957. The van der Waals surface area contributed by atoms with Gasteiger partial charge in [0.05, 0.1) is 0 Å². The second kappa shape index (κ2) is 23.6. The van der Waals surface area contributed by atoms with Crippen molar-refractivity contribution in [3.63, 3.8) is 0 Å². The summed E-state index contributed by atoms with van der Waals surface area (Å²) in [5, 5.41) is 8.72. The van der Waals surface area contributed by atoms with Gasteiger partial charge in [-0.15, -0.1) is 0 Å². The van der Waals surface area contributed by atoms with Gasteiger partial charge in [0.25, 0.3) is 0 Å². The molecule has 0 aliphatic carbocycles. The SMILES string of the molecule is O=CCCCCCCCCCCCCCCCCCCCCCCO. The molecule has 0 amide bonds. The summed E-state index contributed by atoms with van der Waals surface area (Å²) in [6.45, 7) is 0.365. The number of aliphatic hydroxyl groups is 1. The van der Waals surface area contributed by atoms with Gasteiger partial charge < -0.3 is 9.90 Å². The van der Waals surface area contributed by atoms with Crippen molar-refractivity contribution in [1.29, 1.82) is 0 Å². The number of hydrogen-bond donors (Lipinski definition) is 1. The molecule has 0 atom stereocenters. The molecule has 25 heavy (non-hydrogen) atoms. The number of aliphatic hydroxyl groups excluding tert-OH is 1. The fourth-order valence-corrected chi connectivity index (χ4v) is 3.52. The average Bonchev–Trinajstić information content (AvgIpc) is 2.63. The predicted octanol–water partition coefficient (Wildman–Crippen LogP) is 7.37. The highest BCUT2D eigenvalue weighted by Crippen LogP contribution is 2.14. The second-order valence-electron chi connectivity index (χ2n) is 7.75. The molecular weight excluding hydrogens is 308 g/mol. The van der Waals surface area contributed by atoms with Crippen molar-refractivity contribution in [2.75, 3.05) is 6.61 Å². The molecule has 0 radical (unpaired) electrons. The highest BCUT2D eigenvalue weighted by Gasteiger charge is 1.95. The van der Waals surface area contributed by atoms with Gasteiger partial charge in [0.15, 0.2) is 0 Å². The zero-order valence-corrected chi connectivity index (χ0v) is 17.0. The lowest BCUT2D eigenvalue weighted by atomic mass is 10.0. The first-order valence-corrected chi connectivity index (χ1v) is 11.5. The molecule has 0 saturated heterocycles. The van der Waals surface area contributed by atoms with Crippen LogP contribution in [0.15, 0.2) is 0 Å². The van der Waals surface area contributed by atoms with E-state index in [9.17, 15) is 4.79 Å². The second-order valence-corrected chi connectivity index (χ2v) is 7.75. The molecular formula is C23H46O2. The molecule has 0 aliphatic rings. The molecule has 0 saturated carbocycles. The first-order chi connectivity index (χ1) is 12.4. The Balaban J connectivity index is 2.95. The van der Waals surface area contributed by atoms with Crippen molar-refractivity contribution in [3.8, 4) is 0 Å². The van der Waals surface area contributed by atoms with Gasteiger partial charge in [-0.05, 0) is 12.8 Å². The maximum atomic E-state index is 10.2. The molecule has 150 valence electrons. The van der Waals surface area contributed by atoms with Gasteiger partial charge in [-0.25, -0.2) is 0 Å². The zero-order chi connectivity index (χ0) is 18.3. The predicted molar refractivity (Wildman–Crippen MR) is 110 cm³/mol. The van der Waals surface area contributed by atoms with Gasteiger partial charge in [-0.1, -0.05) is 116 Å². The summed E-state index contributed by atoms with van der Waals surface area (Å²) in [5.74, 6) is 0. The van der Waals surface area contributed by atoms with Crippen LogP contribution in [0, 0.1) is 0 Å². The van der Waals surface area contributed by atoms with E-state index in [1.165, 1.54) is 116 Å². The van der Waals surface area contributed by atoms with E-state index < -0.39 is 0 Å². The van der Waals surface area contributed by atoms with E-state index in [4.69, 9.17) is 5.11 Å². The summed E-state index contributed by atoms with van der Waals surface area (Å²) in [7, 11) is 0. The van der Waals surface area contributed by atoms with Gasteiger partial charge in [0.1, 0.15) is 6.29 Å². The molecule has 1 N–H and O–H groups in total. The fourth-order valence-electron chi connectivity index (χ4n) is 3.52. The monoisotopic (exact) mass is 354 g/mol. The Hall–Kier alpha value is -0.370. The van der Waals surface area contributed by atoms with Crippen LogP contribution < -0.4 is 0 Å². The van der Waals surface area contributed by atoms with Crippen molar-refractivity contribution >= 4 is 6.29 Å². The Morgan fingerprint density at radius 2 is 0.640 bits per heavy atom. The maximum absolute atomic E-state index is 10.2. The van der Waals surface area contributed by atoms with E-state index in [1.807, 2.05) is 0 Å². The third-order valence-corrected chi connectivity index (χ3v) is 5.23. The quantitative estimate of drug-likeness (QED) is 0.163. The Morgan fingerprint density at radius 1 is 0.400 bits per heavy atom. The maximum Gasteiger partial charge on any atom is 0.119 e. The minimum atomic E-state index is 0.365. The van der Waals surface area contributed by atoms with Crippen LogP contribution in [-0.2, 0) is 4.79 Å². The average molecular weight is 355 g/mol. The van der Waals surface area contributed by atoms with Gasteiger partial charge >= 0.3 is 0 Å². The van der Waals surface area contributed by atoms with E-state index in [0.717, 1.165) is 25.5 Å². The largest absolute Gasteiger partial charge is 0.396 e. The first-order valence-electron chi connectivity index (χ1n) is 11.5. The van der Waals surface area contributed by atoms with Crippen molar-refractivity contribution in [2.24, 2.45) is 0 Å².